The predicted molar refractivity (Wildman–Crippen MR) is 80.5 cm³/mol. The summed E-state index contributed by atoms with van der Waals surface area (Å²) >= 11 is 3.33. The lowest BCUT2D eigenvalue weighted by atomic mass is 10.3. The van der Waals surface area contributed by atoms with E-state index in [0.717, 1.165) is 10.0 Å². The number of aromatic nitrogens is 2. The van der Waals surface area contributed by atoms with Crippen LogP contribution in [0.3, 0.4) is 0 Å². The fourth-order valence-electron chi connectivity index (χ4n) is 1.77. The lowest BCUT2D eigenvalue weighted by Gasteiger charge is -1.98. The fourth-order valence-corrected chi connectivity index (χ4v) is 3.14. The number of hydrogen-bond acceptors (Lipinski definition) is 5. The first-order valence-corrected chi connectivity index (χ1v) is 7.87. The molecule has 2 heterocycles. The zero-order chi connectivity index (χ0) is 14.1. The molecule has 0 radical (unpaired) electrons. The molecule has 0 amide bonds. The third kappa shape index (κ3) is 2.73. The first-order chi connectivity index (χ1) is 9.61. The van der Waals surface area contributed by atoms with Crippen LogP contribution in [-0.4, -0.2) is 14.2 Å². The van der Waals surface area contributed by atoms with Crippen LogP contribution in [0.1, 0.15) is 5.56 Å². The zero-order valence-electron chi connectivity index (χ0n) is 10.2. The molecule has 20 heavy (non-hydrogen) atoms. The van der Waals surface area contributed by atoms with E-state index in [1.165, 1.54) is 0 Å². The van der Waals surface area contributed by atoms with Crippen molar-refractivity contribution in [2.45, 2.75) is 11.0 Å². The van der Waals surface area contributed by atoms with Crippen molar-refractivity contribution < 1.29 is 8.63 Å². The minimum Gasteiger partial charge on any atom is -0.430 e. The Bertz CT molecular complexity index is 803. The van der Waals surface area contributed by atoms with Crippen LogP contribution < -0.4 is 5.73 Å². The second kappa shape index (κ2) is 5.34. The highest BCUT2D eigenvalue weighted by Gasteiger charge is 2.14. The summed E-state index contributed by atoms with van der Waals surface area (Å²) in [4.78, 5) is 8.25. The molecule has 0 spiro atoms. The van der Waals surface area contributed by atoms with Gasteiger partial charge in [0.05, 0.1) is 5.75 Å². The quantitative estimate of drug-likeness (QED) is 0.733. The lowest BCUT2D eigenvalue weighted by Crippen LogP contribution is -1.97. The molecule has 102 valence electrons. The lowest BCUT2D eigenvalue weighted by molar-refractivity contribution is 0.477. The van der Waals surface area contributed by atoms with Gasteiger partial charge in [0.25, 0.3) is 5.22 Å². The number of benzene rings is 1. The van der Waals surface area contributed by atoms with Crippen molar-refractivity contribution in [1.82, 2.24) is 9.97 Å². The van der Waals surface area contributed by atoms with Crippen LogP contribution in [0.5, 0.6) is 0 Å². The maximum absolute atomic E-state index is 12.3. The second-order valence-electron chi connectivity index (χ2n) is 4.21. The zero-order valence-corrected chi connectivity index (χ0v) is 12.6. The van der Waals surface area contributed by atoms with Gasteiger partial charge in [-0.05, 0) is 39.7 Å². The van der Waals surface area contributed by atoms with Gasteiger partial charge in [-0.2, -0.15) is 0 Å². The molecule has 1 atom stereocenters. The number of nitrogens with two attached hydrogens (primary N) is 1. The van der Waals surface area contributed by atoms with Crippen LogP contribution in [0.25, 0.3) is 11.1 Å². The Labute approximate surface area is 125 Å². The summed E-state index contributed by atoms with van der Waals surface area (Å²) in [6, 6.07) is 7.01. The first kappa shape index (κ1) is 13.3. The summed E-state index contributed by atoms with van der Waals surface area (Å²) < 4.78 is 18.6. The van der Waals surface area contributed by atoms with Crippen molar-refractivity contribution in [2.75, 3.05) is 5.73 Å². The molecule has 5 nitrogen and oxygen atoms in total. The van der Waals surface area contributed by atoms with Crippen molar-refractivity contribution in [3.8, 4) is 0 Å². The van der Waals surface area contributed by atoms with Gasteiger partial charge in [-0.25, -0.2) is 9.19 Å². The molecular weight excluding hydrogens is 342 g/mol. The Hall–Kier alpha value is -1.73. The molecule has 0 aliphatic carbocycles. The molecule has 3 rings (SSSR count). The number of nitrogen functional groups attached to an aromatic ring is 1. The van der Waals surface area contributed by atoms with Crippen LogP contribution in [0.2, 0.25) is 0 Å². The van der Waals surface area contributed by atoms with Gasteiger partial charge in [0.2, 0.25) is 0 Å². The van der Waals surface area contributed by atoms with Gasteiger partial charge in [0, 0.05) is 28.6 Å². The van der Waals surface area contributed by atoms with Crippen LogP contribution >= 0.6 is 15.9 Å². The van der Waals surface area contributed by atoms with Crippen LogP contribution in [-0.2, 0) is 16.6 Å². The summed E-state index contributed by atoms with van der Waals surface area (Å²) in [5.41, 5.74) is 8.29. The normalized spacial score (nSPS) is 12.7. The minimum atomic E-state index is -1.36. The number of rotatable bonds is 3. The van der Waals surface area contributed by atoms with E-state index in [1.54, 1.807) is 30.6 Å². The Balaban J connectivity index is 1.88. The van der Waals surface area contributed by atoms with Gasteiger partial charge in [0.1, 0.15) is 16.3 Å². The Kier molecular flexibility index (Phi) is 3.54. The fraction of sp³-hybridized carbons (Fsp3) is 0.0769. The van der Waals surface area contributed by atoms with Gasteiger partial charge in [-0.3, -0.25) is 4.98 Å². The van der Waals surface area contributed by atoms with Crippen molar-refractivity contribution >= 4 is 43.5 Å². The monoisotopic (exact) mass is 351 g/mol. The van der Waals surface area contributed by atoms with Gasteiger partial charge in [-0.15, -0.1) is 0 Å². The first-order valence-electron chi connectivity index (χ1n) is 5.76. The van der Waals surface area contributed by atoms with Crippen molar-refractivity contribution in [2.24, 2.45) is 0 Å². The van der Waals surface area contributed by atoms with E-state index in [1.807, 2.05) is 6.07 Å². The largest absolute Gasteiger partial charge is 0.430 e. The summed E-state index contributed by atoms with van der Waals surface area (Å²) in [6.07, 6.45) is 3.35. The third-order valence-corrected chi connectivity index (χ3v) is 4.24. The number of anilines is 1. The van der Waals surface area contributed by atoms with Crippen LogP contribution in [0, 0.1) is 0 Å². The van der Waals surface area contributed by atoms with Crippen LogP contribution in [0.15, 0.2) is 50.8 Å². The highest BCUT2D eigenvalue weighted by atomic mass is 79.9. The SMILES string of the molecule is Nc1ccc2nc(S(=O)Cc3cncc(Br)c3)oc2c1. The van der Waals surface area contributed by atoms with Gasteiger partial charge in [-0.1, -0.05) is 0 Å². The molecule has 1 unspecified atom stereocenters. The molecule has 0 aliphatic rings. The second-order valence-corrected chi connectivity index (χ2v) is 6.45. The van der Waals surface area contributed by atoms with Gasteiger partial charge >= 0.3 is 0 Å². The Morgan fingerprint density at radius 3 is 2.95 bits per heavy atom. The topological polar surface area (TPSA) is 82.0 Å². The molecular formula is C13H10BrN3O2S. The summed E-state index contributed by atoms with van der Waals surface area (Å²) in [5, 5.41) is 0.200. The number of hydrogen-bond donors (Lipinski definition) is 1. The maximum atomic E-state index is 12.3. The van der Waals surface area contributed by atoms with E-state index in [0.29, 0.717) is 22.5 Å². The Morgan fingerprint density at radius 1 is 1.30 bits per heavy atom. The number of fused-ring (bicyclic) bond motifs is 1. The van der Waals surface area contributed by atoms with E-state index < -0.39 is 10.8 Å². The molecule has 0 bridgehead atoms. The van der Waals surface area contributed by atoms with E-state index >= 15 is 0 Å². The summed E-state index contributed by atoms with van der Waals surface area (Å²) in [5.74, 6) is 0.300. The van der Waals surface area contributed by atoms with Gasteiger partial charge in [0.15, 0.2) is 5.58 Å². The molecule has 0 fully saturated rings. The summed E-state index contributed by atoms with van der Waals surface area (Å²) in [6.45, 7) is 0. The maximum Gasteiger partial charge on any atom is 0.288 e. The minimum absolute atomic E-state index is 0.200. The number of halogens is 1. The van der Waals surface area contributed by atoms with Gasteiger partial charge < -0.3 is 10.2 Å². The average molecular weight is 352 g/mol. The van der Waals surface area contributed by atoms with Crippen molar-refractivity contribution in [3.05, 3.63) is 46.7 Å². The summed E-state index contributed by atoms with van der Waals surface area (Å²) in [7, 11) is -1.36. The molecule has 0 aliphatic heterocycles. The third-order valence-electron chi connectivity index (χ3n) is 2.65. The van der Waals surface area contributed by atoms with Crippen LogP contribution in [0.4, 0.5) is 5.69 Å². The standard InChI is InChI=1S/C13H10BrN3O2S/c14-9-3-8(5-16-6-9)7-20(18)13-17-11-2-1-10(15)4-12(11)19-13/h1-6H,7,15H2. The molecule has 1 aromatic carbocycles. The van der Waals surface area contributed by atoms with E-state index in [4.69, 9.17) is 10.2 Å². The predicted octanol–water partition coefficient (Wildman–Crippen LogP) is 2.88. The smallest absolute Gasteiger partial charge is 0.288 e. The van der Waals surface area contributed by atoms with E-state index in [9.17, 15) is 4.21 Å². The molecule has 0 saturated carbocycles. The highest BCUT2D eigenvalue weighted by molar-refractivity contribution is 9.10. The highest BCUT2D eigenvalue weighted by Crippen LogP contribution is 2.22. The van der Waals surface area contributed by atoms with E-state index in [2.05, 4.69) is 25.9 Å². The molecule has 3 aromatic rings. The number of pyridine rings is 1. The van der Waals surface area contributed by atoms with Crippen molar-refractivity contribution in [3.63, 3.8) is 0 Å². The molecule has 2 aromatic heterocycles. The van der Waals surface area contributed by atoms with Crippen molar-refractivity contribution in [1.29, 1.82) is 0 Å². The number of nitrogens with zero attached hydrogens (tertiary/aromatic N) is 2. The molecule has 7 heteroatoms. The number of oxazole rings is 1. The molecule has 2 N–H and O–H groups in total. The molecule has 0 saturated heterocycles. The average Bonchev–Trinajstić information content (AvgIpc) is 2.81. The van der Waals surface area contributed by atoms with E-state index in [-0.39, 0.29) is 5.22 Å². The Morgan fingerprint density at radius 2 is 2.15 bits per heavy atom.